The van der Waals surface area contributed by atoms with E-state index in [1.54, 1.807) is 6.92 Å². The number of hydrogen-bond acceptors (Lipinski definition) is 2. The Hall–Kier alpha value is -0.340. The zero-order valence-corrected chi connectivity index (χ0v) is 11.1. The zero-order chi connectivity index (χ0) is 12.2. The molecule has 0 aromatic carbocycles. The van der Waals surface area contributed by atoms with Gasteiger partial charge in [-0.2, -0.15) is 0 Å². The van der Waals surface area contributed by atoms with Crippen molar-refractivity contribution in [3.05, 3.63) is 12.2 Å². The first kappa shape index (κ1) is 13.7. The molecule has 16 heavy (non-hydrogen) atoms. The molecular formula is C14H26O2. The molecule has 3 atom stereocenters. The molecule has 0 spiro atoms. The summed E-state index contributed by atoms with van der Waals surface area (Å²) in [6.45, 7) is 8.21. The molecule has 0 aromatic rings. The molecule has 2 nitrogen and oxygen atoms in total. The van der Waals surface area contributed by atoms with E-state index in [0.29, 0.717) is 0 Å². The van der Waals surface area contributed by atoms with Crippen molar-refractivity contribution in [2.75, 3.05) is 0 Å². The first-order chi connectivity index (χ1) is 7.49. The van der Waals surface area contributed by atoms with Gasteiger partial charge in [0.1, 0.15) is 0 Å². The number of rotatable bonds is 5. The van der Waals surface area contributed by atoms with Crippen LogP contribution in [0.4, 0.5) is 0 Å². The van der Waals surface area contributed by atoms with Gasteiger partial charge in [0.25, 0.3) is 0 Å². The molecule has 0 amide bonds. The Kier molecular flexibility index (Phi) is 4.57. The maximum absolute atomic E-state index is 10.2. The van der Waals surface area contributed by atoms with Gasteiger partial charge in [-0.05, 0) is 32.6 Å². The maximum atomic E-state index is 10.2. The minimum absolute atomic E-state index is 0.237. The van der Waals surface area contributed by atoms with Crippen LogP contribution in [0.3, 0.4) is 0 Å². The summed E-state index contributed by atoms with van der Waals surface area (Å²) in [5.74, 6) is -0.708. The van der Waals surface area contributed by atoms with E-state index in [2.05, 4.69) is 32.9 Å². The van der Waals surface area contributed by atoms with Gasteiger partial charge in [-0.3, -0.25) is 0 Å². The third kappa shape index (κ3) is 2.86. The maximum Gasteiger partial charge on any atom is 0.166 e. The van der Waals surface area contributed by atoms with Crippen molar-refractivity contribution in [2.45, 2.75) is 71.2 Å². The van der Waals surface area contributed by atoms with Gasteiger partial charge in [-0.25, -0.2) is 0 Å². The highest BCUT2D eigenvalue weighted by atomic mass is 16.6. The number of aliphatic hydroxyl groups is 1. The van der Waals surface area contributed by atoms with E-state index in [1.807, 2.05) is 0 Å². The molecule has 1 saturated heterocycles. The van der Waals surface area contributed by atoms with Gasteiger partial charge in [-0.15, -0.1) is 0 Å². The number of hydrogen-bond donors (Lipinski definition) is 1. The molecule has 94 valence electrons. The monoisotopic (exact) mass is 226 g/mol. The van der Waals surface area contributed by atoms with Gasteiger partial charge in [0, 0.05) is 5.92 Å². The summed E-state index contributed by atoms with van der Waals surface area (Å²) in [6, 6.07) is 0. The minimum Gasteiger partial charge on any atom is -0.365 e. The number of ether oxygens (including phenoxy) is 1. The molecule has 1 rings (SSSR count). The van der Waals surface area contributed by atoms with Crippen molar-refractivity contribution in [2.24, 2.45) is 5.92 Å². The second-order valence-corrected chi connectivity index (χ2v) is 5.08. The van der Waals surface area contributed by atoms with Gasteiger partial charge < -0.3 is 9.84 Å². The third-order valence-electron chi connectivity index (χ3n) is 3.73. The van der Waals surface area contributed by atoms with Gasteiger partial charge in [0.15, 0.2) is 5.79 Å². The Balaban J connectivity index is 2.76. The van der Waals surface area contributed by atoms with E-state index in [1.165, 1.54) is 0 Å². The predicted octanol–water partition coefficient (Wildman–Crippen LogP) is 3.65. The Morgan fingerprint density at radius 3 is 2.50 bits per heavy atom. The highest BCUT2D eigenvalue weighted by Crippen LogP contribution is 2.45. The summed E-state index contributed by atoms with van der Waals surface area (Å²) in [5.41, 5.74) is -0.237. The van der Waals surface area contributed by atoms with Crippen LogP contribution in [-0.2, 0) is 4.74 Å². The summed E-state index contributed by atoms with van der Waals surface area (Å²) in [7, 11) is 0. The molecule has 1 N–H and O–H groups in total. The SMILES string of the molecule is CCC/C=C/[C@]1(CC)C[C@H](CC)C(C)(O)O1. The van der Waals surface area contributed by atoms with Crippen molar-refractivity contribution >= 4 is 0 Å². The topological polar surface area (TPSA) is 29.5 Å². The molecule has 1 fully saturated rings. The molecule has 0 saturated carbocycles. The van der Waals surface area contributed by atoms with E-state index in [-0.39, 0.29) is 11.5 Å². The van der Waals surface area contributed by atoms with Crippen molar-refractivity contribution in [1.82, 2.24) is 0 Å². The average molecular weight is 226 g/mol. The Morgan fingerprint density at radius 1 is 1.38 bits per heavy atom. The van der Waals surface area contributed by atoms with Gasteiger partial charge >= 0.3 is 0 Å². The lowest BCUT2D eigenvalue weighted by Crippen LogP contribution is -2.33. The van der Waals surface area contributed by atoms with Crippen LogP contribution in [0.2, 0.25) is 0 Å². The fourth-order valence-electron chi connectivity index (χ4n) is 2.57. The second kappa shape index (κ2) is 5.33. The molecule has 1 aliphatic heterocycles. The van der Waals surface area contributed by atoms with Crippen LogP contribution in [-0.4, -0.2) is 16.5 Å². The molecule has 0 aliphatic carbocycles. The Morgan fingerprint density at radius 2 is 2.06 bits per heavy atom. The largest absolute Gasteiger partial charge is 0.365 e. The predicted molar refractivity (Wildman–Crippen MR) is 67.2 cm³/mol. The van der Waals surface area contributed by atoms with Crippen molar-refractivity contribution in [3.8, 4) is 0 Å². The molecule has 0 radical (unpaired) electrons. The lowest BCUT2D eigenvalue weighted by Gasteiger charge is -2.27. The minimum atomic E-state index is -0.957. The fourth-order valence-corrected chi connectivity index (χ4v) is 2.57. The summed E-state index contributed by atoms with van der Waals surface area (Å²) >= 11 is 0. The number of unbranched alkanes of at least 4 members (excludes halogenated alkanes) is 1. The van der Waals surface area contributed by atoms with E-state index in [9.17, 15) is 5.11 Å². The normalized spacial score (nSPS) is 39.7. The first-order valence-corrected chi connectivity index (χ1v) is 6.60. The Bertz CT molecular complexity index is 245. The van der Waals surface area contributed by atoms with Crippen molar-refractivity contribution in [3.63, 3.8) is 0 Å². The van der Waals surface area contributed by atoms with Crippen LogP contribution in [0, 0.1) is 5.92 Å². The lowest BCUT2D eigenvalue weighted by atomic mass is 9.87. The fraction of sp³-hybridized carbons (Fsp3) is 0.857. The van der Waals surface area contributed by atoms with E-state index in [0.717, 1.165) is 32.1 Å². The van der Waals surface area contributed by atoms with Crippen LogP contribution in [0.5, 0.6) is 0 Å². The summed E-state index contributed by atoms with van der Waals surface area (Å²) in [6.07, 6.45) is 9.44. The highest BCUT2D eigenvalue weighted by Gasteiger charge is 2.49. The summed E-state index contributed by atoms with van der Waals surface area (Å²) in [5, 5.41) is 10.2. The van der Waals surface area contributed by atoms with Gasteiger partial charge in [0.05, 0.1) is 5.60 Å². The van der Waals surface area contributed by atoms with Crippen LogP contribution in [0.15, 0.2) is 12.2 Å². The molecular weight excluding hydrogens is 200 g/mol. The molecule has 1 heterocycles. The van der Waals surface area contributed by atoms with Crippen LogP contribution in [0.1, 0.15) is 59.8 Å². The molecule has 1 unspecified atom stereocenters. The van der Waals surface area contributed by atoms with Gasteiger partial charge in [-0.1, -0.05) is 39.3 Å². The van der Waals surface area contributed by atoms with Gasteiger partial charge in [0.2, 0.25) is 0 Å². The van der Waals surface area contributed by atoms with E-state index >= 15 is 0 Å². The zero-order valence-electron chi connectivity index (χ0n) is 11.1. The van der Waals surface area contributed by atoms with Crippen molar-refractivity contribution in [1.29, 1.82) is 0 Å². The number of allylic oxidation sites excluding steroid dienone is 1. The van der Waals surface area contributed by atoms with E-state index < -0.39 is 5.79 Å². The Labute approximate surface area is 99.7 Å². The molecule has 0 bridgehead atoms. The standard InChI is InChI=1S/C14H26O2/c1-5-8-9-10-14(7-3)11-12(6-2)13(4,15)16-14/h9-10,12,15H,5-8,11H2,1-4H3/b10-9+/t12-,13?,14+/m0/s1. The van der Waals surface area contributed by atoms with Crippen LogP contribution >= 0.6 is 0 Å². The quantitative estimate of drug-likeness (QED) is 0.725. The smallest absolute Gasteiger partial charge is 0.166 e. The summed E-state index contributed by atoms with van der Waals surface area (Å²) < 4.78 is 5.90. The highest BCUT2D eigenvalue weighted by molar-refractivity contribution is 5.08. The average Bonchev–Trinajstić information content (AvgIpc) is 2.51. The molecule has 0 aromatic heterocycles. The molecule has 1 aliphatic rings. The lowest BCUT2D eigenvalue weighted by molar-refractivity contribution is -0.216. The third-order valence-corrected chi connectivity index (χ3v) is 3.73. The first-order valence-electron chi connectivity index (χ1n) is 6.60. The molecule has 2 heteroatoms. The van der Waals surface area contributed by atoms with Crippen molar-refractivity contribution < 1.29 is 9.84 Å². The van der Waals surface area contributed by atoms with Crippen LogP contribution in [0.25, 0.3) is 0 Å². The van der Waals surface area contributed by atoms with Crippen LogP contribution < -0.4 is 0 Å². The second-order valence-electron chi connectivity index (χ2n) is 5.08. The van der Waals surface area contributed by atoms with E-state index in [4.69, 9.17) is 4.74 Å². The summed E-state index contributed by atoms with van der Waals surface area (Å²) in [4.78, 5) is 0.